The summed E-state index contributed by atoms with van der Waals surface area (Å²) in [6.45, 7) is 4.04. The first kappa shape index (κ1) is 11.1. The van der Waals surface area contributed by atoms with Gasteiger partial charge in [0.1, 0.15) is 0 Å². The molecule has 2 nitrogen and oxygen atoms in total. The number of amides is 1. The Kier molecular flexibility index (Phi) is 4.01. The van der Waals surface area contributed by atoms with E-state index in [9.17, 15) is 4.79 Å². The zero-order valence-electron chi connectivity index (χ0n) is 8.76. The minimum Gasteiger partial charge on any atom is -0.325 e. The van der Waals surface area contributed by atoms with Crippen LogP contribution in [0.15, 0.2) is 18.2 Å². The summed E-state index contributed by atoms with van der Waals surface area (Å²) in [5, 5.41) is 2.88. The van der Waals surface area contributed by atoms with E-state index in [1.807, 2.05) is 32.2 Å². The van der Waals surface area contributed by atoms with E-state index >= 15 is 0 Å². The third-order valence-corrected chi connectivity index (χ3v) is 2.48. The SMILES string of the molecule is CSCC(=O)Nc1ccc(C)cc1C. The molecule has 76 valence electrons. The highest BCUT2D eigenvalue weighted by Crippen LogP contribution is 2.16. The van der Waals surface area contributed by atoms with E-state index in [1.54, 1.807) is 0 Å². The lowest BCUT2D eigenvalue weighted by molar-refractivity contribution is -0.113. The monoisotopic (exact) mass is 209 g/mol. The molecule has 1 aromatic rings. The molecule has 1 aromatic carbocycles. The Balaban J connectivity index is 2.72. The fourth-order valence-corrected chi connectivity index (χ4v) is 1.61. The highest BCUT2D eigenvalue weighted by atomic mass is 32.2. The van der Waals surface area contributed by atoms with Gasteiger partial charge in [-0.1, -0.05) is 17.7 Å². The summed E-state index contributed by atoms with van der Waals surface area (Å²) >= 11 is 1.53. The van der Waals surface area contributed by atoms with Crippen molar-refractivity contribution >= 4 is 23.4 Å². The maximum atomic E-state index is 11.3. The Morgan fingerprint density at radius 2 is 2.14 bits per heavy atom. The standard InChI is InChI=1S/C11H15NOS/c1-8-4-5-10(9(2)6-8)12-11(13)7-14-3/h4-6H,7H2,1-3H3,(H,12,13). The van der Waals surface area contributed by atoms with Gasteiger partial charge in [0.15, 0.2) is 0 Å². The van der Waals surface area contributed by atoms with Crippen molar-refractivity contribution in [2.45, 2.75) is 13.8 Å². The summed E-state index contributed by atoms with van der Waals surface area (Å²) in [4.78, 5) is 11.3. The quantitative estimate of drug-likeness (QED) is 0.829. The number of nitrogens with one attached hydrogen (secondary N) is 1. The van der Waals surface area contributed by atoms with Crippen LogP contribution in [0.1, 0.15) is 11.1 Å². The number of rotatable bonds is 3. The zero-order valence-corrected chi connectivity index (χ0v) is 9.57. The molecular weight excluding hydrogens is 194 g/mol. The fraction of sp³-hybridized carbons (Fsp3) is 0.364. The second-order valence-corrected chi connectivity index (χ2v) is 4.17. The molecule has 0 aliphatic carbocycles. The molecule has 0 atom stereocenters. The molecule has 0 radical (unpaired) electrons. The third-order valence-electron chi connectivity index (χ3n) is 1.93. The van der Waals surface area contributed by atoms with Crippen molar-refractivity contribution in [1.82, 2.24) is 0 Å². The normalized spacial score (nSPS) is 9.93. The lowest BCUT2D eigenvalue weighted by Crippen LogP contribution is -2.14. The van der Waals surface area contributed by atoms with Gasteiger partial charge in [-0.3, -0.25) is 4.79 Å². The number of hydrogen-bond donors (Lipinski definition) is 1. The minimum atomic E-state index is 0.0597. The molecule has 1 rings (SSSR count). The molecule has 0 fully saturated rings. The molecule has 0 saturated heterocycles. The Morgan fingerprint density at radius 3 is 2.71 bits per heavy atom. The molecule has 0 bridgehead atoms. The first-order valence-corrected chi connectivity index (χ1v) is 5.89. The number of benzene rings is 1. The van der Waals surface area contributed by atoms with Gasteiger partial charge in [-0.05, 0) is 31.7 Å². The molecule has 0 spiro atoms. The van der Waals surface area contributed by atoms with E-state index in [1.165, 1.54) is 17.3 Å². The molecular formula is C11H15NOS. The van der Waals surface area contributed by atoms with Gasteiger partial charge in [0.05, 0.1) is 5.75 Å². The van der Waals surface area contributed by atoms with E-state index in [0.717, 1.165) is 11.3 Å². The number of hydrogen-bond acceptors (Lipinski definition) is 2. The van der Waals surface area contributed by atoms with Crippen LogP contribution in [0, 0.1) is 13.8 Å². The van der Waals surface area contributed by atoms with Gasteiger partial charge in [0.25, 0.3) is 0 Å². The van der Waals surface area contributed by atoms with Gasteiger partial charge in [0.2, 0.25) is 5.91 Å². The molecule has 0 aliphatic rings. The van der Waals surface area contributed by atoms with Gasteiger partial charge < -0.3 is 5.32 Å². The van der Waals surface area contributed by atoms with Gasteiger partial charge in [-0.25, -0.2) is 0 Å². The molecule has 14 heavy (non-hydrogen) atoms. The summed E-state index contributed by atoms with van der Waals surface area (Å²) in [5.74, 6) is 0.567. The van der Waals surface area contributed by atoms with Crippen LogP contribution in [0.5, 0.6) is 0 Å². The second-order valence-electron chi connectivity index (χ2n) is 3.30. The van der Waals surface area contributed by atoms with Crippen molar-refractivity contribution in [3.05, 3.63) is 29.3 Å². The smallest absolute Gasteiger partial charge is 0.234 e. The lowest BCUT2D eigenvalue weighted by atomic mass is 10.1. The highest BCUT2D eigenvalue weighted by Gasteiger charge is 2.03. The highest BCUT2D eigenvalue weighted by molar-refractivity contribution is 7.99. The first-order valence-electron chi connectivity index (χ1n) is 4.49. The molecule has 1 amide bonds. The van der Waals surface area contributed by atoms with Crippen molar-refractivity contribution in [1.29, 1.82) is 0 Å². The van der Waals surface area contributed by atoms with E-state index < -0.39 is 0 Å². The van der Waals surface area contributed by atoms with Crippen LogP contribution in [-0.4, -0.2) is 17.9 Å². The van der Waals surface area contributed by atoms with Gasteiger partial charge in [0, 0.05) is 5.69 Å². The van der Waals surface area contributed by atoms with Crippen LogP contribution in [-0.2, 0) is 4.79 Å². The van der Waals surface area contributed by atoms with Crippen LogP contribution in [0.25, 0.3) is 0 Å². The fourth-order valence-electron chi connectivity index (χ4n) is 1.27. The first-order chi connectivity index (χ1) is 6.63. The molecule has 0 saturated carbocycles. The van der Waals surface area contributed by atoms with Crippen molar-refractivity contribution < 1.29 is 4.79 Å². The predicted molar refractivity (Wildman–Crippen MR) is 62.9 cm³/mol. The van der Waals surface area contributed by atoms with E-state index in [2.05, 4.69) is 11.4 Å². The number of carbonyl (C=O) groups excluding carboxylic acids is 1. The Bertz CT molecular complexity index is 336. The molecule has 0 unspecified atom stereocenters. The summed E-state index contributed by atoms with van der Waals surface area (Å²) in [7, 11) is 0. The summed E-state index contributed by atoms with van der Waals surface area (Å²) in [6.07, 6.45) is 1.92. The van der Waals surface area contributed by atoms with E-state index in [-0.39, 0.29) is 5.91 Å². The van der Waals surface area contributed by atoms with Crippen molar-refractivity contribution in [3.63, 3.8) is 0 Å². The zero-order chi connectivity index (χ0) is 10.6. The number of carbonyl (C=O) groups is 1. The topological polar surface area (TPSA) is 29.1 Å². The Hall–Kier alpha value is -0.960. The van der Waals surface area contributed by atoms with Crippen molar-refractivity contribution in [2.75, 3.05) is 17.3 Å². The largest absolute Gasteiger partial charge is 0.325 e. The third kappa shape index (κ3) is 3.07. The maximum Gasteiger partial charge on any atom is 0.234 e. The van der Waals surface area contributed by atoms with Crippen molar-refractivity contribution in [3.8, 4) is 0 Å². The van der Waals surface area contributed by atoms with Crippen LogP contribution >= 0.6 is 11.8 Å². The predicted octanol–water partition coefficient (Wildman–Crippen LogP) is 2.60. The maximum absolute atomic E-state index is 11.3. The van der Waals surface area contributed by atoms with Crippen LogP contribution < -0.4 is 5.32 Å². The minimum absolute atomic E-state index is 0.0597. The summed E-state index contributed by atoms with van der Waals surface area (Å²) in [6, 6.07) is 6.01. The number of thioether (sulfide) groups is 1. The second kappa shape index (κ2) is 5.05. The van der Waals surface area contributed by atoms with E-state index in [4.69, 9.17) is 0 Å². The Morgan fingerprint density at radius 1 is 1.43 bits per heavy atom. The average Bonchev–Trinajstić information content (AvgIpc) is 2.10. The van der Waals surface area contributed by atoms with Crippen molar-refractivity contribution in [2.24, 2.45) is 0 Å². The van der Waals surface area contributed by atoms with Gasteiger partial charge in [-0.15, -0.1) is 0 Å². The summed E-state index contributed by atoms with van der Waals surface area (Å²) < 4.78 is 0. The molecule has 0 heterocycles. The molecule has 3 heteroatoms. The molecule has 0 aromatic heterocycles. The van der Waals surface area contributed by atoms with Crippen LogP contribution in [0.4, 0.5) is 5.69 Å². The summed E-state index contributed by atoms with van der Waals surface area (Å²) in [5.41, 5.74) is 3.24. The molecule has 1 N–H and O–H groups in total. The lowest BCUT2D eigenvalue weighted by Gasteiger charge is -2.08. The number of aryl methyl sites for hydroxylation is 2. The Labute approximate surface area is 89.1 Å². The van der Waals surface area contributed by atoms with Gasteiger partial charge >= 0.3 is 0 Å². The molecule has 0 aliphatic heterocycles. The van der Waals surface area contributed by atoms with Crippen LogP contribution in [0.2, 0.25) is 0 Å². The van der Waals surface area contributed by atoms with E-state index in [0.29, 0.717) is 5.75 Å². The number of anilines is 1. The van der Waals surface area contributed by atoms with Gasteiger partial charge in [-0.2, -0.15) is 11.8 Å². The van der Waals surface area contributed by atoms with Crippen LogP contribution in [0.3, 0.4) is 0 Å². The average molecular weight is 209 g/mol.